The molecule has 6 heteroatoms. The van der Waals surface area contributed by atoms with E-state index in [1.807, 2.05) is 0 Å². The summed E-state index contributed by atoms with van der Waals surface area (Å²) in [5.41, 5.74) is -1.44. The van der Waals surface area contributed by atoms with Crippen molar-refractivity contribution in [1.29, 1.82) is 0 Å². The van der Waals surface area contributed by atoms with Gasteiger partial charge in [-0.05, 0) is 26.8 Å². The molecule has 1 heterocycles. The molecule has 0 aliphatic rings. The lowest BCUT2D eigenvalue weighted by molar-refractivity contribution is -0.156. The van der Waals surface area contributed by atoms with Gasteiger partial charge in [-0.15, -0.1) is 0 Å². The molecule has 1 amide bonds. The third kappa shape index (κ3) is 3.46. The second-order valence-electron chi connectivity index (χ2n) is 4.98. The highest BCUT2D eigenvalue weighted by atomic mass is 16.4. The third-order valence-corrected chi connectivity index (χ3v) is 3.28. The largest absolute Gasteiger partial charge is 0.480 e. The van der Waals surface area contributed by atoms with Crippen LogP contribution in [0, 0.1) is 0 Å². The van der Waals surface area contributed by atoms with Gasteiger partial charge in [0.05, 0.1) is 0 Å². The van der Waals surface area contributed by atoms with Crippen LogP contribution in [-0.2, 0) is 16.1 Å². The second-order valence-corrected chi connectivity index (χ2v) is 4.98. The van der Waals surface area contributed by atoms with Gasteiger partial charge >= 0.3 is 5.97 Å². The minimum atomic E-state index is -1.26. The number of aromatic nitrogens is 1. The maximum atomic E-state index is 12.2. The molecule has 1 aromatic rings. The molecule has 0 fully saturated rings. The van der Waals surface area contributed by atoms with Crippen LogP contribution in [0.4, 0.5) is 0 Å². The summed E-state index contributed by atoms with van der Waals surface area (Å²) in [7, 11) is 0. The quantitative estimate of drug-likeness (QED) is 0.841. The minimum Gasteiger partial charge on any atom is -0.480 e. The lowest BCUT2D eigenvalue weighted by Crippen LogP contribution is -2.53. The summed E-state index contributed by atoms with van der Waals surface area (Å²) >= 11 is 0. The number of nitrogens with zero attached hydrogens (tertiary/aromatic N) is 2. The Balaban J connectivity index is 2.77. The average Bonchev–Trinajstić information content (AvgIpc) is 2.38. The van der Waals surface area contributed by atoms with Crippen molar-refractivity contribution in [2.75, 3.05) is 6.54 Å². The molecule has 0 spiro atoms. The first kappa shape index (κ1) is 15.9. The molecule has 20 heavy (non-hydrogen) atoms. The van der Waals surface area contributed by atoms with Crippen molar-refractivity contribution < 1.29 is 14.7 Å². The van der Waals surface area contributed by atoms with Crippen LogP contribution >= 0.6 is 0 Å². The van der Waals surface area contributed by atoms with Crippen molar-refractivity contribution in [3.63, 3.8) is 0 Å². The monoisotopic (exact) mass is 280 g/mol. The summed E-state index contributed by atoms with van der Waals surface area (Å²) in [5.74, 6) is -1.33. The molecule has 0 saturated heterocycles. The Morgan fingerprint density at radius 1 is 1.35 bits per heavy atom. The average molecular weight is 280 g/mol. The number of carboxylic acid groups (broad SMARTS) is 1. The van der Waals surface area contributed by atoms with Gasteiger partial charge in [0.1, 0.15) is 5.54 Å². The molecule has 0 saturated carbocycles. The van der Waals surface area contributed by atoms with E-state index >= 15 is 0 Å². The fourth-order valence-electron chi connectivity index (χ4n) is 2.00. The molecular formula is C14H20N2O4. The van der Waals surface area contributed by atoms with Gasteiger partial charge in [0.2, 0.25) is 5.91 Å². The molecule has 0 radical (unpaired) electrons. The predicted molar refractivity (Wildman–Crippen MR) is 74.4 cm³/mol. The third-order valence-electron chi connectivity index (χ3n) is 3.28. The highest BCUT2D eigenvalue weighted by Crippen LogP contribution is 2.16. The van der Waals surface area contributed by atoms with Gasteiger partial charge in [0.25, 0.3) is 5.56 Å². The van der Waals surface area contributed by atoms with E-state index in [2.05, 4.69) is 0 Å². The van der Waals surface area contributed by atoms with Gasteiger partial charge in [0.15, 0.2) is 0 Å². The number of carbonyl (C=O) groups is 2. The number of aryl methyl sites for hydroxylation is 1. The van der Waals surface area contributed by atoms with Gasteiger partial charge in [-0.25, -0.2) is 4.79 Å². The zero-order valence-corrected chi connectivity index (χ0v) is 12.0. The van der Waals surface area contributed by atoms with E-state index in [0.717, 1.165) is 0 Å². The Labute approximate surface area is 117 Å². The Morgan fingerprint density at radius 3 is 2.50 bits per heavy atom. The highest BCUT2D eigenvalue weighted by Gasteiger charge is 2.36. The fourth-order valence-corrected chi connectivity index (χ4v) is 2.00. The highest BCUT2D eigenvalue weighted by molar-refractivity contribution is 5.86. The first-order valence-electron chi connectivity index (χ1n) is 6.50. The van der Waals surface area contributed by atoms with Gasteiger partial charge in [-0.1, -0.05) is 6.07 Å². The summed E-state index contributed by atoms with van der Waals surface area (Å²) in [4.78, 5) is 36.2. The van der Waals surface area contributed by atoms with E-state index < -0.39 is 11.5 Å². The standard InChI is InChI=1S/C14H20N2O4/c1-4-16(14(2,3)13(19)20)12(18)8-10-15-9-6-5-7-11(15)17/h5-7,9H,4,8,10H2,1-3H3,(H,19,20). The van der Waals surface area contributed by atoms with E-state index in [0.29, 0.717) is 6.54 Å². The summed E-state index contributed by atoms with van der Waals surface area (Å²) in [5, 5.41) is 9.17. The minimum absolute atomic E-state index is 0.0917. The molecule has 0 aliphatic carbocycles. The van der Waals surface area contributed by atoms with Crippen LogP contribution < -0.4 is 5.56 Å². The Bertz CT molecular complexity index is 548. The fraction of sp³-hybridized carbons (Fsp3) is 0.500. The zero-order chi connectivity index (χ0) is 15.3. The van der Waals surface area contributed by atoms with Gasteiger partial charge < -0.3 is 14.6 Å². The number of rotatable bonds is 6. The first-order chi connectivity index (χ1) is 9.30. The molecule has 110 valence electrons. The van der Waals surface area contributed by atoms with Crippen LogP contribution in [0.1, 0.15) is 27.2 Å². The number of amides is 1. The van der Waals surface area contributed by atoms with Gasteiger partial charge in [-0.2, -0.15) is 0 Å². The smallest absolute Gasteiger partial charge is 0.329 e. The lowest BCUT2D eigenvalue weighted by atomic mass is 10.0. The number of hydrogen-bond donors (Lipinski definition) is 1. The van der Waals surface area contributed by atoms with Crippen molar-refractivity contribution in [2.24, 2.45) is 0 Å². The van der Waals surface area contributed by atoms with Crippen molar-refractivity contribution >= 4 is 11.9 Å². The normalized spacial score (nSPS) is 11.2. The van der Waals surface area contributed by atoms with E-state index in [1.165, 1.54) is 29.4 Å². The topological polar surface area (TPSA) is 79.6 Å². The number of hydrogen-bond acceptors (Lipinski definition) is 3. The van der Waals surface area contributed by atoms with Crippen LogP contribution in [0.2, 0.25) is 0 Å². The molecule has 0 aliphatic heterocycles. The number of likely N-dealkylation sites (N-methyl/N-ethyl adjacent to an activating group) is 1. The number of pyridine rings is 1. The SMILES string of the molecule is CCN(C(=O)CCn1ccccc1=O)C(C)(C)C(=O)O. The number of carboxylic acids is 1. The van der Waals surface area contributed by atoms with Crippen LogP contribution in [-0.4, -0.2) is 38.5 Å². The van der Waals surface area contributed by atoms with Crippen LogP contribution in [0.15, 0.2) is 29.2 Å². The van der Waals surface area contributed by atoms with Gasteiger partial charge in [-0.3, -0.25) is 9.59 Å². The van der Waals surface area contributed by atoms with Crippen LogP contribution in [0.3, 0.4) is 0 Å². The van der Waals surface area contributed by atoms with E-state index in [-0.39, 0.29) is 24.4 Å². The van der Waals surface area contributed by atoms with E-state index in [9.17, 15) is 19.5 Å². The van der Waals surface area contributed by atoms with Gasteiger partial charge in [0, 0.05) is 31.8 Å². The summed E-state index contributed by atoms with van der Waals surface area (Å²) in [6.45, 7) is 5.26. The molecule has 1 rings (SSSR count). The summed E-state index contributed by atoms with van der Waals surface area (Å²) < 4.78 is 1.43. The van der Waals surface area contributed by atoms with Crippen molar-refractivity contribution in [3.8, 4) is 0 Å². The predicted octanol–water partition coefficient (Wildman–Crippen LogP) is 0.950. The number of aliphatic carboxylic acids is 1. The Kier molecular flexibility index (Phi) is 5.07. The Morgan fingerprint density at radius 2 is 2.00 bits per heavy atom. The second kappa shape index (κ2) is 6.36. The van der Waals surface area contributed by atoms with Crippen LogP contribution in [0.25, 0.3) is 0 Å². The molecule has 0 atom stereocenters. The van der Waals surface area contributed by atoms with Crippen molar-refractivity contribution in [1.82, 2.24) is 9.47 Å². The summed E-state index contributed by atoms with van der Waals surface area (Å²) in [6.07, 6.45) is 1.70. The molecular weight excluding hydrogens is 260 g/mol. The molecule has 1 aromatic heterocycles. The van der Waals surface area contributed by atoms with E-state index in [1.54, 1.807) is 25.3 Å². The lowest BCUT2D eigenvalue weighted by Gasteiger charge is -2.34. The van der Waals surface area contributed by atoms with Crippen molar-refractivity contribution in [3.05, 3.63) is 34.7 Å². The van der Waals surface area contributed by atoms with E-state index in [4.69, 9.17) is 0 Å². The van der Waals surface area contributed by atoms with Crippen LogP contribution in [0.5, 0.6) is 0 Å². The molecule has 0 bridgehead atoms. The molecule has 6 nitrogen and oxygen atoms in total. The summed E-state index contributed by atoms with van der Waals surface area (Å²) in [6, 6.07) is 4.76. The zero-order valence-electron chi connectivity index (χ0n) is 12.0. The Hall–Kier alpha value is -2.11. The maximum Gasteiger partial charge on any atom is 0.329 e. The molecule has 1 N–H and O–H groups in total. The molecule has 0 unspecified atom stereocenters. The number of carbonyl (C=O) groups excluding carboxylic acids is 1. The maximum absolute atomic E-state index is 12.2. The van der Waals surface area contributed by atoms with Crippen molar-refractivity contribution in [2.45, 2.75) is 39.3 Å². The first-order valence-corrected chi connectivity index (χ1v) is 6.50. The molecule has 0 aromatic carbocycles.